The van der Waals surface area contributed by atoms with E-state index in [1.807, 2.05) is 0 Å². The van der Waals surface area contributed by atoms with Gasteiger partial charge < -0.3 is 14.9 Å². The standard InChI is InChI=1S/C18H14N6O3/c19-18(25)27-16(12-4-1-6-20-11-12)13-10-15(24-8-3-7-21-24)23-17(22-13)14-5-2-9-26-14/h1-11,16H,(H2,19,25). The number of furan rings is 1. The van der Waals surface area contributed by atoms with Crippen molar-refractivity contribution in [3.8, 4) is 17.4 Å². The molecule has 0 aromatic carbocycles. The highest BCUT2D eigenvalue weighted by Gasteiger charge is 2.23. The van der Waals surface area contributed by atoms with Crippen molar-refractivity contribution in [3.05, 3.63) is 78.7 Å². The molecular formula is C18H14N6O3. The summed E-state index contributed by atoms with van der Waals surface area (Å²) in [6.45, 7) is 0. The molecule has 0 radical (unpaired) electrons. The average Bonchev–Trinajstić information content (AvgIpc) is 3.40. The van der Waals surface area contributed by atoms with Gasteiger partial charge in [0.1, 0.15) is 0 Å². The van der Waals surface area contributed by atoms with Crippen LogP contribution in [0, 0.1) is 0 Å². The van der Waals surface area contributed by atoms with Crippen molar-refractivity contribution in [2.45, 2.75) is 6.10 Å². The van der Waals surface area contributed by atoms with Gasteiger partial charge in [-0.15, -0.1) is 0 Å². The molecule has 0 saturated carbocycles. The molecule has 1 atom stereocenters. The SMILES string of the molecule is NC(=O)OC(c1cccnc1)c1cc(-n2cccn2)nc(-c2ccco2)n1. The molecule has 134 valence electrons. The van der Waals surface area contributed by atoms with Gasteiger partial charge in [-0.1, -0.05) is 6.07 Å². The Balaban J connectivity index is 1.87. The molecule has 2 N–H and O–H groups in total. The molecule has 4 aromatic heterocycles. The molecule has 0 aliphatic rings. The van der Waals surface area contributed by atoms with E-state index >= 15 is 0 Å². The zero-order valence-corrected chi connectivity index (χ0v) is 14.0. The highest BCUT2D eigenvalue weighted by molar-refractivity contribution is 5.65. The van der Waals surface area contributed by atoms with Crippen LogP contribution in [0.15, 0.2) is 71.9 Å². The monoisotopic (exact) mass is 362 g/mol. The number of nitrogens with two attached hydrogens (primary N) is 1. The summed E-state index contributed by atoms with van der Waals surface area (Å²) in [5.41, 5.74) is 6.30. The van der Waals surface area contributed by atoms with E-state index in [4.69, 9.17) is 14.9 Å². The molecule has 0 aliphatic heterocycles. The van der Waals surface area contributed by atoms with E-state index in [2.05, 4.69) is 20.1 Å². The van der Waals surface area contributed by atoms with Crippen LogP contribution < -0.4 is 5.73 Å². The van der Waals surface area contributed by atoms with Gasteiger partial charge in [-0.2, -0.15) is 5.10 Å². The van der Waals surface area contributed by atoms with Crippen molar-refractivity contribution >= 4 is 6.09 Å². The summed E-state index contributed by atoms with van der Waals surface area (Å²) in [6, 6.07) is 10.4. The average molecular weight is 362 g/mol. The minimum Gasteiger partial charge on any atom is -0.461 e. The molecule has 0 saturated heterocycles. The van der Waals surface area contributed by atoms with Gasteiger partial charge in [0, 0.05) is 36.4 Å². The summed E-state index contributed by atoms with van der Waals surface area (Å²) in [5, 5.41) is 4.19. The van der Waals surface area contributed by atoms with Crippen molar-refractivity contribution in [3.63, 3.8) is 0 Å². The third-order valence-corrected chi connectivity index (χ3v) is 3.70. The summed E-state index contributed by atoms with van der Waals surface area (Å²) < 4.78 is 12.3. The molecule has 9 heteroatoms. The Morgan fingerprint density at radius 2 is 2.11 bits per heavy atom. The first-order valence-electron chi connectivity index (χ1n) is 7.99. The Bertz CT molecular complexity index is 980. The fourth-order valence-corrected chi connectivity index (χ4v) is 2.57. The van der Waals surface area contributed by atoms with Crippen LogP contribution in [-0.2, 0) is 4.74 Å². The quantitative estimate of drug-likeness (QED) is 0.579. The van der Waals surface area contributed by atoms with E-state index < -0.39 is 12.2 Å². The first kappa shape index (κ1) is 16.5. The van der Waals surface area contributed by atoms with Crippen LogP contribution in [0.1, 0.15) is 17.4 Å². The first-order chi connectivity index (χ1) is 13.2. The maximum Gasteiger partial charge on any atom is 0.405 e. The largest absolute Gasteiger partial charge is 0.461 e. The second kappa shape index (κ2) is 7.08. The molecule has 27 heavy (non-hydrogen) atoms. The summed E-state index contributed by atoms with van der Waals surface area (Å²) in [4.78, 5) is 24.5. The second-order valence-electron chi connectivity index (χ2n) is 5.51. The Kier molecular flexibility index (Phi) is 4.32. The molecule has 0 bridgehead atoms. The zero-order chi connectivity index (χ0) is 18.6. The number of carbonyl (C=O) groups is 1. The van der Waals surface area contributed by atoms with Crippen LogP contribution in [-0.4, -0.2) is 30.8 Å². The number of primary amides is 1. The van der Waals surface area contributed by atoms with E-state index in [0.29, 0.717) is 28.7 Å². The number of hydrogen-bond donors (Lipinski definition) is 1. The van der Waals surface area contributed by atoms with Gasteiger partial charge in [0.15, 0.2) is 23.5 Å². The van der Waals surface area contributed by atoms with Crippen LogP contribution in [0.5, 0.6) is 0 Å². The number of amides is 1. The van der Waals surface area contributed by atoms with E-state index in [0.717, 1.165) is 0 Å². The number of aromatic nitrogens is 5. The number of nitrogens with zero attached hydrogens (tertiary/aromatic N) is 5. The van der Waals surface area contributed by atoms with Gasteiger partial charge in [-0.3, -0.25) is 4.98 Å². The van der Waals surface area contributed by atoms with E-state index in [1.165, 1.54) is 6.26 Å². The first-order valence-corrected chi connectivity index (χ1v) is 7.99. The third-order valence-electron chi connectivity index (χ3n) is 3.70. The molecule has 1 amide bonds. The van der Waals surface area contributed by atoms with Crippen molar-refractivity contribution in [2.75, 3.05) is 0 Å². The number of hydrogen-bond acceptors (Lipinski definition) is 7. The smallest absolute Gasteiger partial charge is 0.405 e. The van der Waals surface area contributed by atoms with E-state index in [9.17, 15) is 4.79 Å². The molecule has 1 unspecified atom stereocenters. The summed E-state index contributed by atoms with van der Waals surface area (Å²) >= 11 is 0. The lowest BCUT2D eigenvalue weighted by atomic mass is 10.1. The molecule has 4 rings (SSSR count). The van der Waals surface area contributed by atoms with Crippen LogP contribution in [0.3, 0.4) is 0 Å². The summed E-state index contributed by atoms with van der Waals surface area (Å²) in [6.07, 6.45) is 6.31. The van der Waals surface area contributed by atoms with Gasteiger partial charge in [0.2, 0.25) is 0 Å². The van der Waals surface area contributed by atoms with Crippen molar-refractivity contribution in [2.24, 2.45) is 5.73 Å². The summed E-state index contributed by atoms with van der Waals surface area (Å²) in [7, 11) is 0. The van der Waals surface area contributed by atoms with Crippen LogP contribution in [0.2, 0.25) is 0 Å². The van der Waals surface area contributed by atoms with Gasteiger partial charge in [0.25, 0.3) is 0 Å². The van der Waals surface area contributed by atoms with Gasteiger partial charge >= 0.3 is 6.09 Å². The highest BCUT2D eigenvalue weighted by Crippen LogP contribution is 2.27. The Hall–Kier alpha value is -4.01. The predicted molar refractivity (Wildman–Crippen MR) is 93.6 cm³/mol. The number of ether oxygens (including phenoxy) is 1. The Morgan fingerprint density at radius 3 is 2.78 bits per heavy atom. The van der Waals surface area contributed by atoms with Crippen LogP contribution in [0.25, 0.3) is 17.4 Å². The summed E-state index contributed by atoms with van der Waals surface area (Å²) in [5.74, 6) is 1.28. The van der Waals surface area contributed by atoms with Gasteiger partial charge in [0.05, 0.1) is 12.0 Å². The van der Waals surface area contributed by atoms with E-state index in [-0.39, 0.29) is 0 Å². The molecule has 0 fully saturated rings. The number of carbonyl (C=O) groups excluding carboxylic acids is 1. The molecule has 4 aromatic rings. The van der Waals surface area contributed by atoms with Crippen molar-refractivity contribution < 1.29 is 13.9 Å². The third kappa shape index (κ3) is 3.52. The Labute approximate surface area is 153 Å². The van der Waals surface area contributed by atoms with Gasteiger partial charge in [-0.25, -0.2) is 19.4 Å². The lowest BCUT2D eigenvalue weighted by molar-refractivity contribution is 0.124. The van der Waals surface area contributed by atoms with Crippen LogP contribution >= 0.6 is 0 Å². The normalized spacial score (nSPS) is 11.9. The number of rotatable bonds is 5. The minimum atomic E-state index is -0.928. The zero-order valence-electron chi connectivity index (χ0n) is 14.0. The maximum absolute atomic E-state index is 11.5. The fourth-order valence-electron chi connectivity index (χ4n) is 2.57. The lowest BCUT2D eigenvalue weighted by Crippen LogP contribution is -2.20. The van der Waals surface area contributed by atoms with Crippen LogP contribution in [0.4, 0.5) is 4.79 Å². The van der Waals surface area contributed by atoms with E-state index in [1.54, 1.807) is 65.9 Å². The predicted octanol–water partition coefficient (Wildman–Crippen LogP) is 2.50. The van der Waals surface area contributed by atoms with Gasteiger partial charge in [-0.05, 0) is 24.3 Å². The number of pyridine rings is 1. The Morgan fingerprint density at radius 1 is 1.19 bits per heavy atom. The molecule has 9 nitrogen and oxygen atoms in total. The maximum atomic E-state index is 11.5. The molecule has 4 heterocycles. The lowest BCUT2D eigenvalue weighted by Gasteiger charge is -2.17. The fraction of sp³-hybridized carbons (Fsp3) is 0.0556. The van der Waals surface area contributed by atoms with Crippen molar-refractivity contribution in [1.82, 2.24) is 24.7 Å². The minimum absolute atomic E-state index is 0.324. The highest BCUT2D eigenvalue weighted by atomic mass is 16.6. The second-order valence-corrected chi connectivity index (χ2v) is 5.51. The molecule has 0 spiro atoms. The molecular weight excluding hydrogens is 348 g/mol. The topological polar surface area (TPSA) is 122 Å². The molecule has 0 aliphatic carbocycles. The van der Waals surface area contributed by atoms with Crippen molar-refractivity contribution in [1.29, 1.82) is 0 Å².